The van der Waals surface area contributed by atoms with Gasteiger partial charge in [-0.15, -0.1) is 0 Å². The molecule has 0 radical (unpaired) electrons. The lowest BCUT2D eigenvalue weighted by Gasteiger charge is -2.51. The number of benzene rings is 1. The molecule has 3 heterocycles. The van der Waals surface area contributed by atoms with Crippen molar-refractivity contribution in [3.8, 4) is 0 Å². The predicted octanol–water partition coefficient (Wildman–Crippen LogP) is 2.46. The summed E-state index contributed by atoms with van der Waals surface area (Å²) in [6, 6.07) is 8.86. The molecule has 1 saturated heterocycles. The fraction of sp³-hybridized carbons (Fsp3) is 0.500. The van der Waals surface area contributed by atoms with E-state index in [1.807, 2.05) is 18.1 Å². The first-order valence-electron chi connectivity index (χ1n) is 9.29. The highest BCUT2D eigenvalue weighted by Crippen LogP contribution is 2.49. The molecule has 130 valence electrons. The average Bonchev–Trinajstić information content (AvgIpc) is 3.18. The lowest BCUT2D eigenvalue weighted by atomic mass is 9.61. The quantitative estimate of drug-likeness (QED) is 0.846. The number of hydrogen-bond donors (Lipinski definition) is 0. The molecule has 0 N–H and O–H groups in total. The fourth-order valence-electron chi connectivity index (χ4n) is 4.98. The summed E-state index contributed by atoms with van der Waals surface area (Å²) in [5.74, 6) is 0.238. The van der Waals surface area contributed by atoms with E-state index in [1.54, 1.807) is 10.9 Å². The van der Waals surface area contributed by atoms with Gasteiger partial charge in [-0.3, -0.25) is 14.4 Å². The van der Waals surface area contributed by atoms with Gasteiger partial charge in [-0.25, -0.2) is 0 Å². The van der Waals surface area contributed by atoms with Crippen LogP contribution in [0.25, 0.3) is 0 Å². The van der Waals surface area contributed by atoms with Gasteiger partial charge in [-0.2, -0.15) is 5.10 Å². The van der Waals surface area contributed by atoms with Crippen LogP contribution in [0.15, 0.2) is 36.7 Å². The van der Waals surface area contributed by atoms with Crippen LogP contribution in [0.2, 0.25) is 0 Å². The zero-order valence-electron chi connectivity index (χ0n) is 14.7. The molecule has 2 aliphatic heterocycles. The van der Waals surface area contributed by atoms with Gasteiger partial charge < -0.3 is 4.90 Å². The number of rotatable bonds is 2. The molecular formula is C20H24N4O. The lowest BCUT2D eigenvalue weighted by molar-refractivity contribution is -0.122. The first-order chi connectivity index (χ1) is 12.2. The van der Waals surface area contributed by atoms with E-state index in [4.69, 9.17) is 0 Å². The van der Waals surface area contributed by atoms with Gasteiger partial charge in [-0.05, 0) is 30.4 Å². The maximum atomic E-state index is 13.1. The van der Waals surface area contributed by atoms with Gasteiger partial charge in [0.25, 0.3) is 0 Å². The van der Waals surface area contributed by atoms with Crippen LogP contribution < -0.4 is 4.90 Å². The maximum Gasteiger partial charge on any atom is 0.244 e. The van der Waals surface area contributed by atoms with Crippen LogP contribution in [0, 0.1) is 0 Å². The molecule has 5 nitrogen and oxygen atoms in total. The van der Waals surface area contributed by atoms with E-state index in [1.165, 1.54) is 30.4 Å². The minimum Gasteiger partial charge on any atom is -0.308 e. The van der Waals surface area contributed by atoms with Crippen molar-refractivity contribution in [2.75, 3.05) is 18.0 Å². The predicted molar refractivity (Wildman–Crippen MR) is 96.3 cm³/mol. The average molecular weight is 336 g/mol. The van der Waals surface area contributed by atoms with Crippen LogP contribution in [-0.4, -0.2) is 39.7 Å². The van der Waals surface area contributed by atoms with Gasteiger partial charge in [0.1, 0.15) is 0 Å². The standard InChI is InChI=1S/C20H24N4O/c1-22-13-16(11-21-22)24-10-7-18(19(24)25)23-12-15-5-2-3-6-17(15)20(14-23)8-4-9-20/h2-3,5-6,11,13,18H,4,7-10,12,14H2,1H3. The molecule has 1 aromatic heterocycles. The topological polar surface area (TPSA) is 41.4 Å². The second-order valence-corrected chi connectivity index (χ2v) is 7.86. The van der Waals surface area contributed by atoms with E-state index in [0.29, 0.717) is 0 Å². The van der Waals surface area contributed by atoms with Gasteiger partial charge in [0.2, 0.25) is 5.91 Å². The van der Waals surface area contributed by atoms with Crippen molar-refractivity contribution in [3.63, 3.8) is 0 Å². The third-order valence-electron chi connectivity index (χ3n) is 6.40. The number of carbonyl (C=O) groups excluding carboxylic acids is 1. The molecule has 25 heavy (non-hydrogen) atoms. The van der Waals surface area contributed by atoms with Gasteiger partial charge in [0.15, 0.2) is 0 Å². The summed E-state index contributed by atoms with van der Waals surface area (Å²) in [6.07, 6.45) is 8.45. The minimum absolute atomic E-state index is 0.00559. The summed E-state index contributed by atoms with van der Waals surface area (Å²) in [6.45, 7) is 2.72. The number of aryl methyl sites for hydroxylation is 1. The smallest absolute Gasteiger partial charge is 0.244 e. The molecule has 1 spiro atoms. The first-order valence-corrected chi connectivity index (χ1v) is 9.29. The Morgan fingerprint density at radius 3 is 2.80 bits per heavy atom. The Bertz CT molecular complexity index is 823. The third kappa shape index (κ3) is 2.25. The van der Waals surface area contributed by atoms with Crippen molar-refractivity contribution in [1.82, 2.24) is 14.7 Å². The molecular weight excluding hydrogens is 312 g/mol. The van der Waals surface area contributed by atoms with Crippen molar-refractivity contribution in [1.29, 1.82) is 0 Å². The van der Waals surface area contributed by atoms with E-state index >= 15 is 0 Å². The highest BCUT2D eigenvalue weighted by atomic mass is 16.2. The monoisotopic (exact) mass is 336 g/mol. The Hall–Kier alpha value is -2.14. The summed E-state index contributed by atoms with van der Waals surface area (Å²) >= 11 is 0. The Morgan fingerprint density at radius 1 is 1.24 bits per heavy atom. The molecule has 5 rings (SSSR count). The van der Waals surface area contributed by atoms with Crippen molar-refractivity contribution in [2.45, 2.75) is 43.7 Å². The van der Waals surface area contributed by atoms with Gasteiger partial charge in [-0.1, -0.05) is 30.7 Å². The van der Waals surface area contributed by atoms with Crippen molar-refractivity contribution in [3.05, 3.63) is 47.8 Å². The molecule has 1 saturated carbocycles. The maximum absolute atomic E-state index is 13.1. The molecule has 1 aromatic carbocycles. The van der Waals surface area contributed by atoms with Gasteiger partial charge in [0.05, 0.1) is 17.9 Å². The first kappa shape index (κ1) is 15.1. The summed E-state index contributed by atoms with van der Waals surface area (Å²) in [7, 11) is 1.89. The van der Waals surface area contributed by atoms with E-state index < -0.39 is 0 Å². The molecule has 0 bridgehead atoms. The molecule has 5 heteroatoms. The molecule has 3 aliphatic rings. The Balaban J connectivity index is 1.42. The Labute approximate surface area is 148 Å². The lowest BCUT2D eigenvalue weighted by Crippen LogP contribution is -2.54. The number of amides is 1. The van der Waals surface area contributed by atoms with Crippen molar-refractivity contribution >= 4 is 11.6 Å². The SMILES string of the molecule is Cn1cc(N2CCC(N3Cc4ccccc4C4(CCC4)C3)C2=O)cn1. The van der Waals surface area contributed by atoms with Crippen molar-refractivity contribution in [2.24, 2.45) is 7.05 Å². The number of carbonyl (C=O) groups is 1. The number of anilines is 1. The molecule has 1 amide bonds. The zero-order chi connectivity index (χ0) is 17.0. The zero-order valence-corrected chi connectivity index (χ0v) is 14.7. The number of fused-ring (bicyclic) bond motifs is 2. The van der Waals surface area contributed by atoms with E-state index in [9.17, 15) is 4.79 Å². The van der Waals surface area contributed by atoms with Gasteiger partial charge >= 0.3 is 0 Å². The summed E-state index contributed by atoms with van der Waals surface area (Å²) < 4.78 is 1.76. The molecule has 1 unspecified atom stereocenters. The third-order valence-corrected chi connectivity index (χ3v) is 6.40. The summed E-state index contributed by atoms with van der Waals surface area (Å²) in [5, 5.41) is 4.22. The van der Waals surface area contributed by atoms with Crippen LogP contribution in [0.3, 0.4) is 0 Å². The van der Waals surface area contributed by atoms with E-state index in [-0.39, 0.29) is 17.4 Å². The summed E-state index contributed by atoms with van der Waals surface area (Å²) in [4.78, 5) is 17.4. The number of aromatic nitrogens is 2. The number of nitrogens with zero attached hydrogens (tertiary/aromatic N) is 4. The van der Waals surface area contributed by atoms with Crippen LogP contribution >= 0.6 is 0 Å². The number of hydrogen-bond acceptors (Lipinski definition) is 3. The van der Waals surface area contributed by atoms with Crippen LogP contribution in [0.1, 0.15) is 36.8 Å². The minimum atomic E-state index is 0.00559. The Morgan fingerprint density at radius 2 is 2.08 bits per heavy atom. The van der Waals surface area contributed by atoms with Crippen molar-refractivity contribution < 1.29 is 4.79 Å². The normalized spacial score (nSPS) is 25.2. The van der Waals surface area contributed by atoms with Gasteiger partial charge in [0, 0.05) is 38.3 Å². The molecule has 2 fully saturated rings. The second kappa shape index (κ2) is 5.43. The molecule has 2 aromatic rings. The summed E-state index contributed by atoms with van der Waals surface area (Å²) in [5.41, 5.74) is 4.16. The van der Waals surface area contributed by atoms with E-state index in [2.05, 4.69) is 34.3 Å². The highest BCUT2D eigenvalue weighted by Gasteiger charge is 2.48. The molecule has 1 aliphatic carbocycles. The van der Waals surface area contributed by atoms with E-state index in [0.717, 1.165) is 31.7 Å². The second-order valence-electron chi connectivity index (χ2n) is 7.86. The Kier molecular flexibility index (Phi) is 3.29. The fourth-order valence-corrected chi connectivity index (χ4v) is 4.98. The van der Waals surface area contributed by atoms with Crippen LogP contribution in [0.5, 0.6) is 0 Å². The molecule has 1 atom stereocenters. The van der Waals surface area contributed by atoms with Crippen LogP contribution in [-0.2, 0) is 23.8 Å². The van der Waals surface area contributed by atoms with Crippen LogP contribution in [0.4, 0.5) is 5.69 Å². The largest absolute Gasteiger partial charge is 0.308 e. The highest BCUT2D eigenvalue weighted by molar-refractivity contribution is 5.99.